The molecule has 4 rings (SSSR count). The number of aryl methyl sites for hydroxylation is 2. The normalized spacial score (nSPS) is 14.5. The van der Waals surface area contributed by atoms with Gasteiger partial charge in [-0.15, -0.1) is 0 Å². The molecule has 5 nitrogen and oxygen atoms in total. The molecule has 160 valence electrons. The van der Waals surface area contributed by atoms with Crippen molar-refractivity contribution < 1.29 is 14.3 Å². The van der Waals surface area contributed by atoms with E-state index in [2.05, 4.69) is 10.6 Å². The highest BCUT2D eigenvalue weighted by Crippen LogP contribution is 2.33. The van der Waals surface area contributed by atoms with E-state index in [9.17, 15) is 4.79 Å². The molecule has 1 amide bonds. The number of carbonyl (C=O) groups excluding carboxylic acids is 1. The summed E-state index contributed by atoms with van der Waals surface area (Å²) in [5, 5.41) is 6.61. The zero-order chi connectivity index (χ0) is 21.8. The van der Waals surface area contributed by atoms with E-state index in [1.165, 1.54) is 0 Å². The van der Waals surface area contributed by atoms with E-state index in [0.29, 0.717) is 13.2 Å². The molecule has 0 radical (unpaired) electrons. The summed E-state index contributed by atoms with van der Waals surface area (Å²) >= 11 is 0. The number of rotatable bonds is 6. The molecule has 0 aromatic heterocycles. The number of anilines is 1. The zero-order valence-corrected chi connectivity index (χ0v) is 18.1. The van der Waals surface area contributed by atoms with E-state index in [-0.39, 0.29) is 11.9 Å². The molecular weight excluding hydrogens is 388 g/mol. The topological polar surface area (TPSA) is 59.6 Å². The SMILES string of the molecule is Cc1ccc(C)c(NC(=O)[C@H](N[C@@H](C)c2ccc3c(c2)OCCO3)c2ccccc2)c1. The van der Waals surface area contributed by atoms with Gasteiger partial charge in [0.2, 0.25) is 5.91 Å². The maximum Gasteiger partial charge on any atom is 0.246 e. The maximum absolute atomic E-state index is 13.4. The molecule has 1 aliphatic heterocycles. The number of ether oxygens (including phenoxy) is 2. The molecule has 0 bridgehead atoms. The molecule has 1 heterocycles. The highest BCUT2D eigenvalue weighted by atomic mass is 16.6. The molecule has 5 heteroatoms. The summed E-state index contributed by atoms with van der Waals surface area (Å²) in [5.74, 6) is 1.41. The van der Waals surface area contributed by atoms with Gasteiger partial charge < -0.3 is 14.8 Å². The molecule has 3 aromatic rings. The molecular formula is C26H28N2O3. The number of hydrogen-bond donors (Lipinski definition) is 2. The predicted octanol–water partition coefficient (Wildman–Crippen LogP) is 5.11. The minimum absolute atomic E-state index is 0.0783. The van der Waals surface area contributed by atoms with Gasteiger partial charge in [-0.05, 0) is 61.2 Å². The lowest BCUT2D eigenvalue weighted by Crippen LogP contribution is -2.35. The van der Waals surface area contributed by atoms with Gasteiger partial charge in [-0.25, -0.2) is 0 Å². The van der Waals surface area contributed by atoms with Crippen LogP contribution >= 0.6 is 0 Å². The van der Waals surface area contributed by atoms with E-state index in [1.807, 2.05) is 87.5 Å². The molecule has 0 saturated carbocycles. The van der Waals surface area contributed by atoms with Crippen molar-refractivity contribution in [3.05, 3.63) is 89.0 Å². The third-order valence-corrected chi connectivity index (χ3v) is 5.53. The van der Waals surface area contributed by atoms with Gasteiger partial charge in [0.1, 0.15) is 19.3 Å². The van der Waals surface area contributed by atoms with Crippen LogP contribution in [0.15, 0.2) is 66.7 Å². The number of benzene rings is 3. The Bertz CT molecular complexity index is 1070. The van der Waals surface area contributed by atoms with Gasteiger partial charge in [0.15, 0.2) is 11.5 Å². The van der Waals surface area contributed by atoms with Crippen molar-refractivity contribution in [1.29, 1.82) is 0 Å². The average Bonchev–Trinajstić information content (AvgIpc) is 2.80. The monoisotopic (exact) mass is 416 g/mol. The summed E-state index contributed by atoms with van der Waals surface area (Å²) in [6.07, 6.45) is 0. The Hall–Kier alpha value is -3.31. The largest absolute Gasteiger partial charge is 0.486 e. The molecule has 0 unspecified atom stereocenters. The van der Waals surface area contributed by atoms with Crippen LogP contribution < -0.4 is 20.1 Å². The van der Waals surface area contributed by atoms with Crippen LogP contribution in [-0.4, -0.2) is 19.1 Å². The van der Waals surface area contributed by atoms with Gasteiger partial charge in [0.05, 0.1) is 0 Å². The molecule has 0 spiro atoms. The molecule has 2 atom stereocenters. The number of hydrogen-bond acceptors (Lipinski definition) is 4. The third-order valence-electron chi connectivity index (χ3n) is 5.53. The van der Waals surface area contributed by atoms with Crippen LogP contribution in [0.4, 0.5) is 5.69 Å². The van der Waals surface area contributed by atoms with Crippen molar-refractivity contribution in [3.63, 3.8) is 0 Å². The highest BCUT2D eigenvalue weighted by molar-refractivity contribution is 5.96. The molecule has 0 saturated heterocycles. The Kier molecular flexibility index (Phi) is 6.23. The van der Waals surface area contributed by atoms with Gasteiger partial charge in [0.25, 0.3) is 0 Å². The van der Waals surface area contributed by atoms with E-state index >= 15 is 0 Å². The zero-order valence-electron chi connectivity index (χ0n) is 18.1. The summed E-state index contributed by atoms with van der Waals surface area (Å²) in [6.45, 7) is 7.17. The van der Waals surface area contributed by atoms with Crippen LogP contribution in [0, 0.1) is 13.8 Å². The van der Waals surface area contributed by atoms with Gasteiger partial charge in [-0.3, -0.25) is 10.1 Å². The molecule has 0 fully saturated rings. The standard InChI is InChI=1S/C26H28N2O3/c1-17-9-10-18(2)22(15-17)28-26(29)25(20-7-5-4-6-8-20)27-19(3)21-11-12-23-24(16-21)31-14-13-30-23/h4-12,15-16,19,25,27H,13-14H2,1-3H3,(H,28,29)/t19-,25+/m0/s1. The Balaban J connectivity index is 1.58. The van der Waals surface area contributed by atoms with Crippen molar-refractivity contribution in [2.45, 2.75) is 32.9 Å². The average molecular weight is 417 g/mol. The van der Waals surface area contributed by atoms with E-state index < -0.39 is 6.04 Å². The summed E-state index contributed by atoms with van der Waals surface area (Å²) in [5.41, 5.74) is 4.92. The second kappa shape index (κ2) is 9.23. The minimum Gasteiger partial charge on any atom is -0.486 e. The first-order chi connectivity index (χ1) is 15.0. The lowest BCUT2D eigenvalue weighted by Gasteiger charge is -2.25. The van der Waals surface area contributed by atoms with Crippen molar-refractivity contribution in [2.75, 3.05) is 18.5 Å². The van der Waals surface area contributed by atoms with Crippen LogP contribution in [0.3, 0.4) is 0 Å². The summed E-state index contributed by atoms with van der Waals surface area (Å²) < 4.78 is 11.3. The van der Waals surface area contributed by atoms with Crippen LogP contribution in [0.25, 0.3) is 0 Å². The fraction of sp³-hybridized carbons (Fsp3) is 0.269. The van der Waals surface area contributed by atoms with Crippen LogP contribution in [0.5, 0.6) is 11.5 Å². The van der Waals surface area contributed by atoms with Crippen LogP contribution in [0.1, 0.15) is 41.3 Å². The molecule has 1 aliphatic rings. The molecule has 3 aromatic carbocycles. The summed E-state index contributed by atoms with van der Waals surface area (Å²) in [4.78, 5) is 13.4. The second-order valence-corrected chi connectivity index (χ2v) is 7.94. The van der Waals surface area contributed by atoms with Gasteiger partial charge >= 0.3 is 0 Å². The lowest BCUT2D eigenvalue weighted by atomic mass is 10.0. The quantitative estimate of drug-likeness (QED) is 0.587. The first kappa shape index (κ1) is 20.9. The van der Waals surface area contributed by atoms with Crippen molar-refractivity contribution >= 4 is 11.6 Å². The Morgan fingerprint density at radius 1 is 0.871 bits per heavy atom. The maximum atomic E-state index is 13.4. The van der Waals surface area contributed by atoms with E-state index in [4.69, 9.17) is 9.47 Å². The van der Waals surface area contributed by atoms with Crippen LogP contribution in [0.2, 0.25) is 0 Å². The molecule has 31 heavy (non-hydrogen) atoms. The van der Waals surface area contributed by atoms with Crippen molar-refractivity contribution in [1.82, 2.24) is 5.32 Å². The van der Waals surface area contributed by atoms with E-state index in [1.54, 1.807) is 0 Å². The molecule has 0 aliphatic carbocycles. The number of amides is 1. The summed E-state index contributed by atoms with van der Waals surface area (Å²) in [6, 6.07) is 21.2. The Morgan fingerprint density at radius 2 is 1.61 bits per heavy atom. The predicted molar refractivity (Wildman–Crippen MR) is 123 cm³/mol. The smallest absolute Gasteiger partial charge is 0.246 e. The van der Waals surface area contributed by atoms with Gasteiger partial charge in [-0.2, -0.15) is 0 Å². The van der Waals surface area contributed by atoms with Gasteiger partial charge in [-0.1, -0.05) is 48.5 Å². The second-order valence-electron chi connectivity index (χ2n) is 7.94. The first-order valence-electron chi connectivity index (χ1n) is 10.6. The minimum atomic E-state index is -0.510. The Labute approximate surface area is 183 Å². The number of fused-ring (bicyclic) bond motifs is 1. The first-order valence-corrected chi connectivity index (χ1v) is 10.6. The fourth-order valence-corrected chi connectivity index (χ4v) is 3.72. The van der Waals surface area contributed by atoms with E-state index in [0.717, 1.165) is 39.4 Å². The van der Waals surface area contributed by atoms with Crippen molar-refractivity contribution in [3.8, 4) is 11.5 Å². The highest BCUT2D eigenvalue weighted by Gasteiger charge is 2.24. The summed E-state index contributed by atoms with van der Waals surface area (Å²) in [7, 11) is 0. The number of nitrogens with one attached hydrogen (secondary N) is 2. The third kappa shape index (κ3) is 4.89. The fourth-order valence-electron chi connectivity index (χ4n) is 3.72. The Morgan fingerprint density at radius 3 is 2.39 bits per heavy atom. The van der Waals surface area contributed by atoms with Gasteiger partial charge in [0, 0.05) is 11.7 Å². The number of carbonyl (C=O) groups is 1. The van der Waals surface area contributed by atoms with Crippen LogP contribution in [-0.2, 0) is 4.79 Å². The molecule has 2 N–H and O–H groups in total. The lowest BCUT2D eigenvalue weighted by molar-refractivity contribution is -0.118. The van der Waals surface area contributed by atoms with Crippen molar-refractivity contribution in [2.24, 2.45) is 0 Å².